The van der Waals surface area contributed by atoms with E-state index >= 15 is 0 Å². The van der Waals surface area contributed by atoms with Crippen LogP contribution in [0.2, 0.25) is 0 Å². The first-order valence-corrected chi connectivity index (χ1v) is 6.92. The van der Waals surface area contributed by atoms with Crippen molar-refractivity contribution in [1.29, 1.82) is 0 Å². The van der Waals surface area contributed by atoms with Gasteiger partial charge in [0.25, 0.3) is 0 Å². The smallest absolute Gasteiger partial charge is 0.142 e. The van der Waals surface area contributed by atoms with Crippen LogP contribution in [0.4, 0.5) is 5.69 Å². The molecule has 1 fully saturated rings. The Morgan fingerprint density at radius 1 is 1.18 bits per heavy atom. The topological polar surface area (TPSA) is 12.5 Å². The molecular weight excluding hydrogens is 257 g/mol. The molecule has 0 unspecified atom stereocenters. The van der Waals surface area contributed by atoms with Crippen molar-refractivity contribution in [2.75, 3.05) is 23.8 Å². The summed E-state index contributed by atoms with van der Waals surface area (Å²) >= 11 is 12.1. The molecule has 0 N–H and O–H groups in total. The Labute approximate surface area is 112 Å². The lowest BCUT2D eigenvalue weighted by molar-refractivity contribution is 0.413. The first kappa shape index (κ1) is 12.8. The SMILES string of the molecule is COc1ccccc1N1[C@H](CCl)CC[C@@H]1CCl. The van der Waals surface area contributed by atoms with E-state index in [0.717, 1.165) is 24.3 Å². The zero-order chi connectivity index (χ0) is 12.3. The van der Waals surface area contributed by atoms with Gasteiger partial charge in [0.05, 0.1) is 12.8 Å². The second-order valence-electron chi connectivity index (χ2n) is 4.27. The molecule has 2 rings (SSSR count). The molecule has 2 nitrogen and oxygen atoms in total. The summed E-state index contributed by atoms with van der Waals surface area (Å²) in [6, 6.07) is 8.76. The van der Waals surface area contributed by atoms with Crippen molar-refractivity contribution < 1.29 is 4.74 Å². The molecule has 1 saturated heterocycles. The van der Waals surface area contributed by atoms with E-state index in [-0.39, 0.29) is 0 Å². The quantitative estimate of drug-likeness (QED) is 0.779. The van der Waals surface area contributed by atoms with Crippen molar-refractivity contribution >= 4 is 28.9 Å². The van der Waals surface area contributed by atoms with Gasteiger partial charge in [-0.15, -0.1) is 23.2 Å². The second-order valence-corrected chi connectivity index (χ2v) is 4.89. The van der Waals surface area contributed by atoms with Crippen LogP contribution < -0.4 is 9.64 Å². The largest absolute Gasteiger partial charge is 0.495 e. The number of nitrogens with zero attached hydrogens (tertiary/aromatic N) is 1. The normalized spacial score (nSPS) is 24.1. The van der Waals surface area contributed by atoms with E-state index in [1.807, 2.05) is 18.2 Å². The number of methoxy groups -OCH3 is 1. The average molecular weight is 274 g/mol. The van der Waals surface area contributed by atoms with Crippen LogP contribution in [-0.4, -0.2) is 31.0 Å². The molecule has 0 aromatic heterocycles. The fraction of sp³-hybridized carbons (Fsp3) is 0.538. The van der Waals surface area contributed by atoms with E-state index in [9.17, 15) is 0 Å². The van der Waals surface area contributed by atoms with E-state index in [4.69, 9.17) is 27.9 Å². The third kappa shape index (κ3) is 2.48. The first-order valence-electron chi connectivity index (χ1n) is 5.85. The van der Waals surface area contributed by atoms with Crippen LogP contribution in [0, 0.1) is 0 Å². The number of hydrogen-bond acceptors (Lipinski definition) is 2. The predicted octanol–water partition coefficient (Wildman–Crippen LogP) is 3.51. The van der Waals surface area contributed by atoms with E-state index in [1.165, 1.54) is 0 Å². The van der Waals surface area contributed by atoms with Gasteiger partial charge in [-0.25, -0.2) is 0 Å². The van der Waals surface area contributed by atoms with Crippen LogP contribution in [-0.2, 0) is 0 Å². The summed E-state index contributed by atoms with van der Waals surface area (Å²) in [5.41, 5.74) is 1.10. The number of anilines is 1. The molecule has 4 heteroatoms. The van der Waals surface area contributed by atoms with Gasteiger partial charge in [0.2, 0.25) is 0 Å². The highest BCUT2D eigenvalue weighted by Gasteiger charge is 2.33. The van der Waals surface area contributed by atoms with Crippen molar-refractivity contribution in [2.24, 2.45) is 0 Å². The number of benzene rings is 1. The van der Waals surface area contributed by atoms with Gasteiger partial charge in [-0.3, -0.25) is 0 Å². The van der Waals surface area contributed by atoms with Gasteiger partial charge in [-0.05, 0) is 25.0 Å². The highest BCUT2D eigenvalue weighted by atomic mass is 35.5. The maximum atomic E-state index is 6.04. The lowest BCUT2D eigenvalue weighted by Gasteiger charge is -2.31. The monoisotopic (exact) mass is 273 g/mol. The predicted molar refractivity (Wildman–Crippen MR) is 73.7 cm³/mol. The van der Waals surface area contributed by atoms with E-state index < -0.39 is 0 Å². The van der Waals surface area contributed by atoms with Crippen LogP contribution in [0.1, 0.15) is 12.8 Å². The Hall–Kier alpha value is -0.600. The summed E-state index contributed by atoms with van der Waals surface area (Å²) in [5, 5.41) is 0. The third-order valence-electron chi connectivity index (χ3n) is 3.34. The zero-order valence-electron chi connectivity index (χ0n) is 9.90. The molecule has 1 aliphatic rings. The van der Waals surface area contributed by atoms with Gasteiger partial charge >= 0.3 is 0 Å². The molecule has 0 aliphatic carbocycles. The number of ether oxygens (including phenoxy) is 1. The van der Waals surface area contributed by atoms with Crippen molar-refractivity contribution in [2.45, 2.75) is 24.9 Å². The molecule has 94 valence electrons. The van der Waals surface area contributed by atoms with Gasteiger partial charge in [0.1, 0.15) is 5.75 Å². The van der Waals surface area contributed by atoms with Crippen molar-refractivity contribution in [1.82, 2.24) is 0 Å². The van der Waals surface area contributed by atoms with E-state index in [0.29, 0.717) is 23.8 Å². The molecule has 0 saturated carbocycles. The Kier molecular flexibility index (Phi) is 4.41. The lowest BCUT2D eigenvalue weighted by Crippen LogP contribution is -2.38. The maximum Gasteiger partial charge on any atom is 0.142 e. The second kappa shape index (κ2) is 5.83. The molecule has 0 spiro atoms. The lowest BCUT2D eigenvalue weighted by atomic mass is 10.2. The molecule has 1 aromatic carbocycles. The maximum absolute atomic E-state index is 6.04. The summed E-state index contributed by atoms with van der Waals surface area (Å²) in [7, 11) is 1.69. The molecular formula is C13H17Cl2NO. The molecule has 2 atom stereocenters. The highest BCUT2D eigenvalue weighted by Crippen LogP contribution is 2.37. The van der Waals surface area contributed by atoms with Crippen molar-refractivity contribution in [3.05, 3.63) is 24.3 Å². The van der Waals surface area contributed by atoms with Crippen LogP contribution in [0.3, 0.4) is 0 Å². The van der Waals surface area contributed by atoms with Crippen molar-refractivity contribution in [3.8, 4) is 5.75 Å². The number of para-hydroxylation sites is 2. The summed E-state index contributed by atoms with van der Waals surface area (Å²) in [5.74, 6) is 2.15. The van der Waals surface area contributed by atoms with Crippen LogP contribution in [0.15, 0.2) is 24.3 Å². The number of alkyl halides is 2. The fourth-order valence-electron chi connectivity index (χ4n) is 2.50. The van der Waals surface area contributed by atoms with Crippen molar-refractivity contribution in [3.63, 3.8) is 0 Å². The van der Waals surface area contributed by atoms with Gasteiger partial charge in [-0.2, -0.15) is 0 Å². The summed E-state index contributed by atoms with van der Waals surface area (Å²) < 4.78 is 5.42. The number of rotatable bonds is 4. The minimum absolute atomic E-state index is 0.358. The first-order chi connectivity index (χ1) is 8.31. The minimum Gasteiger partial charge on any atom is -0.495 e. The van der Waals surface area contributed by atoms with Crippen LogP contribution in [0.25, 0.3) is 0 Å². The summed E-state index contributed by atoms with van der Waals surface area (Å²) in [6.07, 6.45) is 2.19. The van der Waals surface area contributed by atoms with Crippen LogP contribution >= 0.6 is 23.2 Å². The van der Waals surface area contributed by atoms with Gasteiger partial charge in [-0.1, -0.05) is 12.1 Å². The molecule has 1 heterocycles. The van der Waals surface area contributed by atoms with Gasteiger partial charge in [0.15, 0.2) is 0 Å². The third-order valence-corrected chi connectivity index (χ3v) is 4.05. The average Bonchev–Trinajstić information content (AvgIpc) is 2.81. The minimum atomic E-state index is 0.358. The fourth-order valence-corrected chi connectivity index (χ4v) is 3.11. The Morgan fingerprint density at radius 3 is 2.29 bits per heavy atom. The molecule has 0 amide bonds. The Bertz CT molecular complexity index is 360. The summed E-state index contributed by atoms with van der Waals surface area (Å²) in [4.78, 5) is 2.32. The molecule has 1 aromatic rings. The number of halogens is 2. The standard InChI is InChI=1S/C13H17Cl2NO/c1-17-13-5-3-2-4-12(13)16-10(8-14)6-7-11(16)9-15/h2-5,10-11H,6-9H2,1H3/t10-,11+. The highest BCUT2D eigenvalue weighted by molar-refractivity contribution is 6.19. The summed E-state index contributed by atoms with van der Waals surface area (Å²) in [6.45, 7) is 0. The molecule has 0 bridgehead atoms. The van der Waals surface area contributed by atoms with Gasteiger partial charge in [0, 0.05) is 23.8 Å². The molecule has 1 aliphatic heterocycles. The zero-order valence-corrected chi connectivity index (χ0v) is 11.4. The van der Waals surface area contributed by atoms with Crippen LogP contribution in [0.5, 0.6) is 5.75 Å². The molecule has 0 radical (unpaired) electrons. The Balaban J connectivity index is 2.34. The Morgan fingerprint density at radius 2 is 1.76 bits per heavy atom. The van der Waals surface area contributed by atoms with Gasteiger partial charge < -0.3 is 9.64 Å². The van der Waals surface area contributed by atoms with E-state index in [1.54, 1.807) is 7.11 Å². The molecule has 17 heavy (non-hydrogen) atoms. The van der Waals surface area contributed by atoms with E-state index in [2.05, 4.69) is 11.0 Å². The number of hydrogen-bond donors (Lipinski definition) is 0.